The third-order valence-electron chi connectivity index (χ3n) is 3.05. The highest BCUT2D eigenvalue weighted by Gasteiger charge is 2.22. The number of oxazole rings is 1. The highest BCUT2D eigenvalue weighted by Crippen LogP contribution is 2.31. The smallest absolute Gasteiger partial charge is 0.262 e. The van der Waals surface area contributed by atoms with Crippen LogP contribution >= 0.6 is 23.1 Å². The van der Waals surface area contributed by atoms with E-state index in [0.29, 0.717) is 11.3 Å². The Kier molecular flexibility index (Phi) is 2.82. The summed E-state index contributed by atoms with van der Waals surface area (Å²) in [5, 5.41) is 7.21. The van der Waals surface area contributed by atoms with Crippen LogP contribution in [0, 0.1) is 0 Å². The molecule has 19 heavy (non-hydrogen) atoms. The molecule has 0 atom stereocenters. The fourth-order valence-corrected chi connectivity index (χ4v) is 3.52. The van der Waals surface area contributed by atoms with E-state index < -0.39 is 0 Å². The molecule has 1 saturated carbocycles. The van der Waals surface area contributed by atoms with Crippen LogP contribution in [-0.4, -0.2) is 20.4 Å². The summed E-state index contributed by atoms with van der Waals surface area (Å²) in [6, 6.07) is 0.684. The summed E-state index contributed by atoms with van der Waals surface area (Å²) in [5.74, 6) is 0. The number of hydrogen-bond acceptors (Lipinski definition) is 6. The summed E-state index contributed by atoms with van der Waals surface area (Å²) in [6.45, 7) is 0.839. The van der Waals surface area contributed by atoms with Crippen molar-refractivity contribution in [2.75, 3.05) is 0 Å². The molecule has 3 aromatic rings. The van der Waals surface area contributed by atoms with Crippen molar-refractivity contribution in [3.63, 3.8) is 0 Å². The average molecular weight is 292 g/mol. The van der Waals surface area contributed by atoms with Crippen LogP contribution in [-0.2, 0) is 6.54 Å². The predicted octanol–water partition coefficient (Wildman–Crippen LogP) is 2.79. The van der Waals surface area contributed by atoms with Crippen LogP contribution in [0.5, 0.6) is 0 Å². The minimum atomic E-state index is 0.637. The van der Waals surface area contributed by atoms with Crippen LogP contribution in [0.15, 0.2) is 38.7 Å². The van der Waals surface area contributed by atoms with E-state index in [1.54, 1.807) is 23.8 Å². The van der Waals surface area contributed by atoms with Crippen molar-refractivity contribution in [3.05, 3.63) is 29.7 Å². The third-order valence-corrected chi connectivity index (χ3v) is 4.71. The second kappa shape index (κ2) is 4.66. The normalized spacial score (nSPS) is 15.4. The summed E-state index contributed by atoms with van der Waals surface area (Å²) in [4.78, 5) is 9.81. The number of hydrogen-bond donors (Lipinski definition) is 1. The van der Waals surface area contributed by atoms with Crippen molar-refractivity contribution in [1.29, 1.82) is 0 Å². The molecule has 0 spiro atoms. The first-order valence-electron chi connectivity index (χ1n) is 6.15. The van der Waals surface area contributed by atoms with E-state index in [0.717, 1.165) is 16.5 Å². The average Bonchev–Trinajstić information content (AvgIpc) is 2.81. The van der Waals surface area contributed by atoms with Crippen LogP contribution in [0.1, 0.15) is 18.5 Å². The molecule has 98 valence electrons. The summed E-state index contributed by atoms with van der Waals surface area (Å²) in [5.41, 5.74) is 1.19. The van der Waals surface area contributed by atoms with Gasteiger partial charge in [-0.05, 0) is 24.6 Å². The molecule has 1 aliphatic carbocycles. The lowest BCUT2D eigenvalue weighted by atomic mass is 10.4. The first-order chi connectivity index (χ1) is 9.40. The summed E-state index contributed by atoms with van der Waals surface area (Å²) < 4.78 is 7.43. The van der Waals surface area contributed by atoms with Crippen molar-refractivity contribution in [3.8, 4) is 0 Å². The second-order valence-electron chi connectivity index (χ2n) is 4.47. The molecule has 1 N–H and O–H groups in total. The van der Waals surface area contributed by atoms with Gasteiger partial charge in [-0.15, -0.1) is 11.3 Å². The Hall–Kier alpha value is -1.31. The molecule has 1 aliphatic rings. The number of fused-ring (bicyclic) bond motifs is 1. The molecule has 0 saturated heterocycles. The molecule has 0 amide bonds. The van der Waals surface area contributed by atoms with Gasteiger partial charge in [-0.25, -0.2) is 9.97 Å². The van der Waals surface area contributed by atoms with E-state index in [2.05, 4.69) is 31.3 Å². The van der Waals surface area contributed by atoms with E-state index in [4.69, 9.17) is 4.42 Å². The molecule has 0 radical (unpaired) electrons. The number of thiazole rings is 1. The third kappa shape index (κ3) is 2.29. The number of imidazole rings is 1. The van der Waals surface area contributed by atoms with Crippen LogP contribution in [0.3, 0.4) is 0 Å². The Morgan fingerprint density at radius 3 is 3.26 bits per heavy atom. The molecule has 0 aliphatic heterocycles. The van der Waals surface area contributed by atoms with Crippen LogP contribution in [0.2, 0.25) is 0 Å². The SMILES string of the molecule is c1coc(Sc2nc3sccn3c2CNC2CC2)n1. The van der Waals surface area contributed by atoms with Gasteiger partial charge in [0.1, 0.15) is 11.3 Å². The molecule has 1 fully saturated rings. The van der Waals surface area contributed by atoms with Gasteiger partial charge in [0, 0.05) is 24.2 Å². The lowest BCUT2D eigenvalue weighted by Gasteiger charge is -2.03. The van der Waals surface area contributed by atoms with Gasteiger partial charge < -0.3 is 9.73 Å². The fraction of sp³-hybridized carbons (Fsp3) is 0.333. The van der Waals surface area contributed by atoms with Crippen molar-refractivity contribution >= 4 is 28.1 Å². The monoisotopic (exact) mass is 292 g/mol. The van der Waals surface area contributed by atoms with E-state index in [1.165, 1.54) is 30.3 Å². The maximum Gasteiger partial charge on any atom is 0.262 e. The molecule has 5 nitrogen and oxygen atoms in total. The Balaban J connectivity index is 1.66. The number of aromatic nitrogens is 3. The zero-order valence-electron chi connectivity index (χ0n) is 10.1. The van der Waals surface area contributed by atoms with Crippen LogP contribution in [0.25, 0.3) is 4.96 Å². The Morgan fingerprint density at radius 2 is 2.47 bits per heavy atom. The minimum Gasteiger partial charge on any atom is -0.440 e. The second-order valence-corrected chi connectivity index (χ2v) is 6.29. The van der Waals surface area contributed by atoms with Gasteiger partial charge in [0.25, 0.3) is 5.22 Å². The highest BCUT2D eigenvalue weighted by atomic mass is 32.2. The summed E-state index contributed by atoms with van der Waals surface area (Å²) >= 11 is 3.12. The van der Waals surface area contributed by atoms with Crippen molar-refractivity contribution in [2.24, 2.45) is 0 Å². The fourth-order valence-electron chi connectivity index (χ4n) is 1.93. The first-order valence-corrected chi connectivity index (χ1v) is 7.85. The largest absolute Gasteiger partial charge is 0.440 e. The first kappa shape index (κ1) is 11.5. The lowest BCUT2D eigenvalue weighted by molar-refractivity contribution is 0.454. The van der Waals surface area contributed by atoms with Crippen molar-refractivity contribution in [2.45, 2.75) is 35.7 Å². The van der Waals surface area contributed by atoms with Crippen LogP contribution in [0.4, 0.5) is 0 Å². The summed E-state index contributed by atoms with van der Waals surface area (Å²) in [6.07, 6.45) is 7.88. The molecule has 0 aromatic carbocycles. The van der Waals surface area contributed by atoms with Gasteiger partial charge in [0.05, 0.1) is 11.9 Å². The molecule has 0 bridgehead atoms. The maximum absolute atomic E-state index is 5.29. The minimum absolute atomic E-state index is 0.637. The number of nitrogens with one attached hydrogen (secondary N) is 1. The van der Waals surface area contributed by atoms with E-state index in [9.17, 15) is 0 Å². The van der Waals surface area contributed by atoms with Crippen LogP contribution < -0.4 is 5.32 Å². The quantitative estimate of drug-likeness (QED) is 0.783. The maximum atomic E-state index is 5.29. The molecule has 4 rings (SSSR count). The topological polar surface area (TPSA) is 55.4 Å². The Bertz CT molecular complexity index is 684. The Morgan fingerprint density at radius 1 is 1.53 bits per heavy atom. The highest BCUT2D eigenvalue weighted by molar-refractivity contribution is 7.99. The lowest BCUT2D eigenvalue weighted by Crippen LogP contribution is -2.16. The molecule has 3 aromatic heterocycles. The van der Waals surface area contributed by atoms with Gasteiger partial charge >= 0.3 is 0 Å². The molecule has 3 heterocycles. The molecule has 0 unspecified atom stereocenters. The number of rotatable bonds is 5. The standard InChI is InChI=1S/C12H12N4OS2/c1-2-8(1)14-7-9-10(19-12-13-3-5-17-12)15-11-16(9)4-6-18-11/h3-6,8,14H,1-2,7H2. The van der Waals surface area contributed by atoms with E-state index in [-0.39, 0.29) is 0 Å². The zero-order valence-corrected chi connectivity index (χ0v) is 11.7. The van der Waals surface area contributed by atoms with E-state index >= 15 is 0 Å². The predicted molar refractivity (Wildman–Crippen MR) is 73.6 cm³/mol. The van der Waals surface area contributed by atoms with Gasteiger partial charge in [0.15, 0.2) is 4.96 Å². The van der Waals surface area contributed by atoms with Gasteiger partial charge in [-0.2, -0.15) is 0 Å². The molecular formula is C12H12N4OS2. The van der Waals surface area contributed by atoms with Gasteiger partial charge in [-0.3, -0.25) is 4.40 Å². The zero-order chi connectivity index (χ0) is 12.7. The molecule has 7 heteroatoms. The number of nitrogens with zero attached hydrogens (tertiary/aromatic N) is 3. The molecular weight excluding hydrogens is 280 g/mol. The summed E-state index contributed by atoms with van der Waals surface area (Å²) in [7, 11) is 0. The van der Waals surface area contributed by atoms with Crippen molar-refractivity contribution < 1.29 is 4.42 Å². The Labute approximate surface area is 118 Å². The van der Waals surface area contributed by atoms with E-state index in [1.807, 2.05) is 0 Å². The van der Waals surface area contributed by atoms with Gasteiger partial charge in [-0.1, -0.05) is 0 Å². The van der Waals surface area contributed by atoms with Crippen molar-refractivity contribution in [1.82, 2.24) is 19.7 Å². The van der Waals surface area contributed by atoms with Gasteiger partial charge in [0.2, 0.25) is 0 Å².